The number of aliphatic hydroxyl groups is 1. The van der Waals surface area contributed by atoms with E-state index in [1.165, 1.54) is 22.2 Å². The molecule has 0 aliphatic rings. The van der Waals surface area contributed by atoms with Crippen LogP contribution >= 0.6 is 0 Å². The Kier molecular flexibility index (Phi) is 3.31. The molecule has 0 aliphatic heterocycles. The van der Waals surface area contributed by atoms with Gasteiger partial charge in [-0.15, -0.1) is 0 Å². The Hall–Kier alpha value is -1.28. The number of benzene rings is 1. The third-order valence-corrected chi connectivity index (χ3v) is 2.72. The van der Waals surface area contributed by atoms with Crippen molar-refractivity contribution in [3.63, 3.8) is 0 Å². The second kappa shape index (κ2) is 4.29. The Morgan fingerprint density at radius 3 is 2.21 bits per heavy atom. The van der Waals surface area contributed by atoms with Crippen LogP contribution in [0.3, 0.4) is 0 Å². The van der Waals surface area contributed by atoms with Gasteiger partial charge in [0.05, 0.1) is 0 Å². The van der Waals surface area contributed by atoms with Crippen molar-refractivity contribution in [3.05, 3.63) is 35.5 Å². The summed E-state index contributed by atoms with van der Waals surface area (Å²) in [4.78, 5) is 0. The molecule has 1 heterocycles. The number of aliphatic hydroxyl groups excluding tert-OH is 1. The standard InChI is InChI=1S/C11H13N.CH4O/c1-8-9(2)12(3)11-7-5-4-6-10(8)11;1-2/h4-7H,1-3H3;2H,1H3. The number of nitrogens with zero attached hydrogens (tertiary/aromatic N) is 1. The minimum Gasteiger partial charge on any atom is -0.400 e. The highest BCUT2D eigenvalue weighted by molar-refractivity contribution is 5.85. The molecule has 2 nitrogen and oxygen atoms in total. The van der Waals surface area contributed by atoms with E-state index in [0.29, 0.717) is 0 Å². The van der Waals surface area contributed by atoms with Gasteiger partial charge in [0.1, 0.15) is 0 Å². The van der Waals surface area contributed by atoms with Crippen LogP contribution in [0.2, 0.25) is 0 Å². The lowest BCUT2D eigenvalue weighted by Gasteiger charge is -1.96. The van der Waals surface area contributed by atoms with Gasteiger partial charge in [0.2, 0.25) is 0 Å². The average molecular weight is 191 g/mol. The summed E-state index contributed by atoms with van der Waals surface area (Å²) in [6.45, 7) is 4.34. The monoisotopic (exact) mass is 191 g/mol. The Morgan fingerprint density at radius 2 is 1.64 bits per heavy atom. The minimum absolute atomic E-state index is 1.00. The molecule has 1 aromatic heterocycles. The highest BCUT2D eigenvalue weighted by atomic mass is 16.2. The van der Waals surface area contributed by atoms with E-state index in [9.17, 15) is 0 Å². The Balaban J connectivity index is 0.000000461. The van der Waals surface area contributed by atoms with Gasteiger partial charge in [-0.1, -0.05) is 18.2 Å². The second-order valence-electron chi connectivity index (χ2n) is 3.29. The van der Waals surface area contributed by atoms with E-state index in [1.54, 1.807) is 0 Å². The Morgan fingerprint density at radius 1 is 1.07 bits per heavy atom. The quantitative estimate of drug-likeness (QED) is 0.679. The zero-order valence-corrected chi connectivity index (χ0v) is 9.20. The summed E-state index contributed by atoms with van der Waals surface area (Å²) >= 11 is 0. The van der Waals surface area contributed by atoms with Gasteiger partial charge >= 0.3 is 0 Å². The van der Waals surface area contributed by atoms with Crippen molar-refractivity contribution < 1.29 is 5.11 Å². The maximum atomic E-state index is 7.00. The van der Waals surface area contributed by atoms with Crippen LogP contribution in [-0.2, 0) is 7.05 Å². The van der Waals surface area contributed by atoms with E-state index < -0.39 is 0 Å². The smallest absolute Gasteiger partial charge is 0.0482 e. The number of fused-ring (bicyclic) bond motifs is 1. The lowest BCUT2D eigenvalue weighted by atomic mass is 10.2. The normalized spacial score (nSPS) is 9.79. The SMILES string of the molecule is CO.Cc1c(C)n(C)c2ccccc12. The zero-order chi connectivity index (χ0) is 10.7. The molecule has 2 rings (SSSR count). The molecule has 0 saturated heterocycles. The first-order valence-electron chi connectivity index (χ1n) is 4.67. The van der Waals surface area contributed by atoms with E-state index in [1.807, 2.05) is 0 Å². The fraction of sp³-hybridized carbons (Fsp3) is 0.333. The number of aromatic nitrogens is 1. The van der Waals surface area contributed by atoms with Gasteiger partial charge in [-0.05, 0) is 25.5 Å². The van der Waals surface area contributed by atoms with Crippen LogP contribution in [0.5, 0.6) is 0 Å². The van der Waals surface area contributed by atoms with Gasteiger partial charge in [-0.25, -0.2) is 0 Å². The molecule has 0 fully saturated rings. The second-order valence-corrected chi connectivity index (χ2v) is 3.29. The maximum Gasteiger partial charge on any atom is 0.0482 e. The Bertz CT molecular complexity index is 390. The summed E-state index contributed by atoms with van der Waals surface area (Å²) < 4.78 is 2.24. The molecule has 2 heteroatoms. The summed E-state index contributed by atoms with van der Waals surface area (Å²) in [6.07, 6.45) is 0. The predicted octanol–water partition coefficient (Wildman–Crippen LogP) is 2.40. The van der Waals surface area contributed by atoms with Gasteiger partial charge in [0, 0.05) is 30.8 Å². The van der Waals surface area contributed by atoms with Crippen LogP contribution in [0.4, 0.5) is 0 Å². The van der Waals surface area contributed by atoms with Crippen LogP contribution < -0.4 is 0 Å². The van der Waals surface area contributed by atoms with Gasteiger partial charge in [0.15, 0.2) is 0 Å². The van der Waals surface area contributed by atoms with E-state index in [2.05, 4.69) is 49.7 Å². The van der Waals surface area contributed by atoms with Crippen molar-refractivity contribution in [2.24, 2.45) is 7.05 Å². The molecule has 0 spiro atoms. The molecular weight excluding hydrogens is 174 g/mol. The molecule has 0 amide bonds. The van der Waals surface area contributed by atoms with Gasteiger partial charge in [0.25, 0.3) is 0 Å². The van der Waals surface area contributed by atoms with E-state index in [4.69, 9.17) is 5.11 Å². The van der Waals surface area contributed by atoms with Crippen molar-refractivity contribution in [2.75, 3.05) is 7.11 Å². The molecular formula is C12H17NO. The van der Waals surface area contributed by atoms with Crippen molar-refractivity contribution in [1.29, 1.82) is 0 Å². The number of hydrogen-bond donors (Lipinski definition) is 1. The van der Waals surface area contributed by atoms with Gasteiger partial charge in [-0.2, -0.15) is 0 Å². The zero-order valence-electron chi connectivity index (χ0n) is 9.20. The fourth-order valence-electron chi connectivity index (χ4n) is 1.71. The lowest BCUT2D eigenvalue weighted by molar-refractivity contribution is 0.399. The van der Waals surface area contributed by atoms with Crippen LogP contribution in [0.1, 0.15) is 11.3 Å². The molecule has 1 N–H and O–H groups in total. The molecule has 0 atom stereocenters. The summed E-state index contributed by atoms with van der Waals surface area (Å²) in [7, 11) is 3.12. The topological polar surface area (TPSA) is 25.2 Å². The van der Waals surface area contributed by atoms with Crippen molar-refractivity contribution in [2.45, 2.75) is 13.8 Å². The fourth-order valence-corrected chi connectivity index (χ4v) is 1.71. The van der Waals surface area contributed by atoms with Crippen LogP contribution in [0.15, 0.2) is 24.3 Å². The number of rotatable bonds is 0. The highest BCUT2D eigenvalue weighted by Gasteiger charge is 2.05. The molecule has 14 heavy (non-hydrogen) atoms. The summed E-state index contributed by atoms with van der Waals surface area (Å²) in [5, 5.41) is 8.37. The molecule has 0 unspecified atom stereocenters. The third-order valence-electron chi connectivity index (χ3n) is 2.72. The number of hydrogen-bond acceptors (Lipinski definition) is 1. The maximum absolute atomic E-state index is 7.00. The molecule has 0 bridgehead atoms. The van der Waals surface area contributed by atoms with Gasteiger partial charge < -0.3 is 9.67 Å². The van der Waals surface area contributed by atoms with Crippen LogP contribution in [0.25, 0.3) is 10.9 Å². The number of para-hydroxylation sites is 1. The van der Waals surface area contributed by atoms with E-state index in [-0.39, 0.29) is 0 Å². The van der Waals surface area contributed by atoms with E-state index in [0.717, 1.165) is 7.11 Å². The lowest BCUT2D eigenvalue weighted by Crippen LogP contribution is -1.89. The summed E-state index contributed by atoms with van der Waals surface area (Å²) in [5.41, 5.74) is 4.08. The largest absolute Gasteiger partial charge is 0.400 e. The minimum atomic E-state index is 1.00. The first-order valence-corrected chi connectivity index (χ1v) is 4.67. The Labute approximate surface area is 84.8 Å². The summed E-state index contributed by atoms with van der Waals surface area (Å²) in [5.74, 6) is 0. The molecule has 2 aromatic rings. The summed E-state index contributed by atoms with van der Waals surface area (Å²) in [6, 6.07) is 8.52. The molecule has 0 aliphatic carbocycles. The predicted molar refractivity (Wildman–Crippen MR) is 60.5 cm³/mol. The average Bonchev–Trinajstić information content (AvgIpc) is 2.48. The van der Waals surface area contributed by atoms with Crippen LogP contribution in [-0.4, -0.2) is 16.8 Å². The molecule has 0 saturated carbocycles. The third kappa shape index (κ3) is 1.53. The van der Waals surface area contributed by atoms with Gasteiger partial charge in [-0.3, -0.25) is 0 Å². The molecule has 1 aromatic carbocycles. The first kappa shape index (κ1) is 10.8. The van der Waals surface area contributed by atoms with Crippen molar-refractivity contribution in [1.82, 2.24) is 4.57 Å². The van der Waals surface area contributed by atoms with Crippen LogP contribution in [0, 0.1) is 13.8 Å². The first-order chi connectivity index (χ1) is 6.72. The number of aryl methyl sites for hydroxylation is 2. The van der Waals surface area contributed by atoms with E-state index >= 15 is 0 Å². The molecule has 76 valence electrons. The van der Waals surface area contributed by atoms with Crippen molar-refractivity contribution >= 4 is 10.9 Å². The molecule has 0 radical (unpaired) electrons. The van der Waals surface area contributed by atoms with Crippen molar-refractivity contribution in [3.8, 4) is 0 Å². The highest BCUT2D eigenvalue weighted by Crippen LogP contribution is 2.22.